The maximum Gasteiger partial charge on any atom is 0.267 e. The van der Waals surface area contributed by atoms with Crippen molar-refractivity contribution in [3.8, 4) is 17.5 Å². The van der Waals surface area contributed by atoms with Crippen molar-refractivity contribution in [3.05, 3.63) is 165 Å². The summed E-state index contributed by atoms with van der Waals surface area (Å²) in [6, 6.07) is 37.0. The molecule has 0 saturated carbocycles. The van der Waals surface area contributed by atoms with Crippen molar-refractivity contribution in [1.29, 1.82) is 5.26 Å². The average Bonchev–Trinajstić information content (AvgIpc) is 3.62. The maximum atomic E-state index is 13.3. The van der Waals surface area contributed by atoms with Crippen LogP contribution in [0.2, 0.25) is 5.02 Å². The minimum atomic E-state index is -1.02. The van der Waals surface area contributed by atoms with E-state index in [1.165, 1.54) is 0 Å². The van der Waals surface area contributed by atoms with Crippen molar-refractivity contribution in [3.63, 3.8) is 0 Å². The van der Waals surface area contributed by atoms with Crippen molar-refractivity contribution >= 4 is 17.5 Å². The van der Waals surface area contributed by atoms with Crippen molar-refractivity contribution in [2.75, 3.05) is 0 Å². The SMILES string of the molecule is Cc1nn(-c2ccc(C#N)c(Cl)c2)c(C)c1OCc1cnn(C(c2ccccc2)(c2ccccc2)c2ccccc2)c1C(N)=O. The molecule has 0 aliphatic rings. The summed E-state index contributed by atoms with van der Waals surface area (Å²) in [5.41, 5.74) is 11.1. The summed E-state index contributed by atoms with van der Waals surface area (Å²) in [6.45, 7) is 3.74. The molecular formula is C36H29ClN6O2. The third-order valence-corrected chi connectivity index (χ3v) is 8.20. The van der Waals surface area contributed by atoms with Gasteiger partial charge in [-0.05, 0) is 48.7 Å². The second-order valence-corrected chi connectivity index (χ2v) is 11.0. The van der Waals surface area contributed by atoms with Gasteiger partial charge in [0.2, 0.25) is 0 Å². The minimum Gasteiger partial charge on any atom is -0.485 e. The van der Waals surface area contributed by atoms with E-state index >= 15 is 0 Å². The largest absolute Gasteiger partial charge is 0.485 e. The highest BCUT2D eigenvalue weighted by molar-refractivity contribution is 6.31. The number of nitrogens with two attached hydrogens (primary N) is 1. The summed E-state index contributed by atoms with van der Waals surface area (Å²) in [6.07, 6.45) is 1.64. The normalized spacial score (nSPS) is 11.2. The van der Waals surface area contributed by atoms with Crippen LogP contribution >= 0.6 is 11.6 Å². The summed E-state index contributed by atoms with van der Waals surface area (Å²) >= 11 is 6.29. The lowest BCUT2D eigenvalue weighted by molar-refractivity contribution is 0.0984. The van der Waals surface area contributed by atoms with Crippen LogP contribution in [0.15, 0.2) is 115 Å². The molecule has 2 heterocycles. The Morgan fingerprint density at radius 1 is 0.911 bits per heavy atom. The Bertz CT molecular complexity index is 1930. The molecule has 0 fully saturated rings. The van der Waals surface area contributed by atoms with E-state index in [1.54, 1.807) is 33.8 Å². The molecule has 222 valence electrons. The quantitative estimate of drug-likeness (QED) is 0.182. The number of rotatable bonds is 9. The molecule has 0 aliphatic heterocycles. The third kappa shape index (κ3) is 5.13. The first-order valence-electron chi connectivity index (χ1n) is 14.3. The van der Waals surface area contributed by atoms with Crippen molar-refractivity contribution in [2.45, 2.75) is 26.0 Å². The van der Waals surface area contributed by atoms with Gasteiger partial charge in [-0.3, -0.25) is 4.79 Å². The van der Waals surface area contributed by atoms with Gasteiger partial charge in [0.05, 0.1) is 28.2 Å². The Labute approximate surface area is 265 Å². The van der Waals surface area contributed by atoms with Crippen molar-refractivity contribution in [2.24, 2.45) is 5.73 Å². The fourth-order valence-corrected chi connectivity index (χ4v) is 6.09. The standard InChI is InChI=1S/C36H29ClN6O2/c1-24-34(25(2)42(41-24)31-19-18-26(21-38)32(37)20-31)45-23-27-22-40-43(33(27)35(39)44)36(28-12-6-3-7-13-28,29-14-8-4-9-15-29)30-16-10-5-11-17-30/h3-20,22H,23H2,1-2H3,(H2,39,44). The molecular weight excluding hydrogens is 584 g/mol. The van der Waals surface area contributed by atoms with Crippen LogP contribution < -0.4 is 10.5 Å². The summed E-state index contributed by atoms with van der Waals surface area (Å²) < 4.78 is 9.76. The first kappa shape index (κ1) is 29.4. The fraction of sp³-hybridized carbons (Fsp3) is 0.111. The van der Waals surface area contributed by atoms with Crippen LogP contribution in [0, 0.1) is 25.2 Å². The Balaban J connectivity index is 1.46. The molecule has 6 rings (SSSR count). The number of primary amides is 1. The number of ether oxygens (including phenoxy) is 1. The second-order valence-electron chi connectivity index (χ2n) is 10.6. The van der Waals surface area contributed by atoms with E-state index in [4.69, 9.17) is 27.2 Å². The average molecular weight is 613 g/mol. The molecule has 0 bridgehead atoms. The van der Waals surface area contributed by atoms with Gasteiger partial charge in [0.15, 0.2) is 5.75 Å². The molecule has 1 amide bonds. The highest BCUT2D eigenvalue weighted by Crippen LogP contribution is 2.41. The summed E-state index contributed by atoms with van der Waals surface area (Å²) in [5, 5.41) is 19.1. The maximum absolute atomic E-state index is 13.3. The van der Waals surface area contributed by atoms with Crippen LogP contribution in [0.4, 0.5) is 0 Å². The number of hydrogen-bond acceptors (Lipinski definition) is 5. The topological polar surface area (TPSA) is 112 Å². The summed E-state index contributed by atoms with van der Waals surface area (Å²) in [4.78, 5) is 13.3. The van der Waals surface area contributed by atoms with Gasteiger partial charge in [-0.1, -0.05) is 103 Å². The number of benzene rings is 4. The van der Waals surface area contributed by atoms with Gasteiger partial charge in [-0.15, -0.1) is 0 Å². The van der Waals surface area contributed by atoms with Gasteiger partial charge in [0.25, 0.3) is 5.91 Å². The molecule has 2 aromatic heterocycles. The van der Waals surface area contributed by atoms with E-state index in [9.17, 15) is 10.1 Å². The highest BCUT2D eigenvalue weighted by Gasteiger charge is 2.42. The van der Waals surface area contributed by atoms with E-state index in [0.29, 0.717) is 33.3 Å². The number of nitrogens with zero attached hydrogens (tertiary/aromatic N) is 5. The zero-order valence-electron chi connectivity index (χ0n) is 24.7. The number of aryl methyl sites for hydroxylation is 1. The van der Waals surface area contributed by atoms with Crippen LogP contribution in [-0.4, -0.2) is 25.5 Å². The van der Waals surface area contributed by atoms with Gasteiger partial charge < -0.3 is 10.5 Å². The van der Waals surface area contributed by atoms with Crippen LogP contribution in [0.1, 0.15) is 49.7 Å². The zero-order valence-corrected chi connectivity index (χ0v) is 25.4. The predicted molar refractivity (Wildman–Crippen MR) is 172 cm³/mol. The Morgan fingerprint density at radius 2 is 1.47 bits per heavy atom. The first-order chi connectivity index (χ1) is 21.9. The summed E-state index contributed by atoms with van der Waals surface area (Å²) in [5.74, 6) is -0.0753. The van der Waals surface area contributed by atoms with Crippen molar-refractivity contribution < 1.29 is 9.53 Å². The lowest BCUT2D eigenvalue weighted by atomic mass is 9.77. The van der Waals surface area contributed by atoms with Crippen LogP contribution in [0.5, 0.6) is 5.75 Å². The van der Waals surface area contributed by atoms with Gasteiger partial charge in [0.1, 0.15) is 29.6 Å². The monoisotopic (exact) mass is 612 g/mol. The number of halogens is 1. The number of carbonyl (C=O) groups is 1. The number of nitriles is 1. The molecule has 0 aliphatic carbocycles. The number of amides is 1. The number of hydrogen-bond donors (Lipinski definition) is 1. The lowest BCUT2D eigenvalue weighted by Gasteiger charge is -2.37. The van der Waals surface area contributed by atoms with Crippen LogP contribution in [0.25, 0.3) is 5.69 Å². The van der Waals surface area contributed by atoms with Gasteiger partial charge in [-0.2, -0.15) is 15.5 Å². The van der Waals surface area contributed by atoms with Crippen LogP contribution in [0.3, 0.4) is 0 Å². The number of aromatic nitrogens is 4. The van der Waals surface area contributed by atoms with E-state index in [0.717, 1.165) is 22.4 Å². The number of carbonyl (C=O) groups excluding carboxylic acids is 1. The molecule has 4 aromatic carbocycles. The highest BCUT2D eigenvalue weighted by atomic mass is 35.5. The smallest absolute Gasteiger partial charge is 0.267 e. The Morgan fingerprint density at radius 3 is 1.96 bits per heavy atom. The molecule has 6 aromatic rings. The van der Waals surface area contributed by atoms with Gasteiger partial charge in [-0.25, -0.2) is 9.36 Å². The molecule has 2 N–H and O–H groups in total. The molecule has 0 radical (unpaired) electrons. The molecule has 45 heavy (non-hydrogen) atoms. The van der Waals surface area contributed by atoms with Gasteiger partial charge in [0, 0.05) is 5.56 Å². The van der Waals surface area contributed by atoms with E-state index < -0.39 is 11.4 Å². The lowest BCUT2D eigenvalue weighted by Crippen LogP contribution is -2.41. The third-order valence-electron chi connectivity index (χ3n) is 7.89. The Hall–Kier alpha value is -5.65. The summed E-state index contributed by atoms with van der Waals surface area (Å²) in [7, 11) is 0. The van der Waals surface area contributed by atoms with E-state index in [1.807, 2.05) is 105 Å². The second kappa shape index (κ2) is 12.2. The first-order valence-corrected chi connectivity index (χ1v) is 14.7. The molecule has 0 unspecified atom stereocenters. The minimum absolute atomic E-state index is 0.0220. The molecule has 0 atom stereocenters. The van der Waals surface area contributed by atoms with E-state index in [-0.39, 0.29) is 12.3 Å². The van der Waals surface area contributed by atoms with E-state index in [2.05, 4.69) is 11.2 Å². The van der Waals surface area contributed by atoms with Crippen molar-refractivity contribution in [1.82, 2.24) is 19.6 Å². The predicted octanol–water partition coefficient (Wildman–Crippen LogP) is 6.73. The van der Waals surface area contributed by atoms with Crippen LogP contribution in [-0.2, 0) is 12.1 Å². The Kier molecular flexibility index (Phi) is 7.95. The molecule has 0 spiro atoms. The fourth-order valence-electron chi connectivity index (χ4n) is 5.87. The molecule has 0 saturated heterocycles. The zero-order chi connectivity index (χ0) is 31.6. The molecule has 8 nitrogen and oxygen atoms in total. The molecule has 9 heteroatoms. The van der Waals surface area contributed by atoms with Gasteiger partial charge >= 0.3 is 0 Å².